The van der Waals surface area contributed by atoms with Crippen LogP contribution < -0.4 is 20.3 Å². The van der Waals surface area contributed by atoms with Crippen LogP contribution in [0.2, 0.25) is 0 Å². The standard InChI is InChI=1S/C23H17N3O6/c1-13(27)30-16-10-19(31-14(2)28)22-20(11-16)32-18-9-15(6-7-17(18)23(22)29)12-25-26-21-5-3-4-8-24-21/h3-12H,1-2H3,(H,24,26)/b25-12+. The van der Waals surface area contributed by atoms with Crippen molar-refractivity contribution in [3.8, 4) is 11.5 Å². The zero-order valence-corrected chi connectivity index (χ0v) is 17.1. The molecule has 2 aromatic carbocycles. The molecule has 160 valence electrons. The third-order valence-corrected chi connectivity index (χ3v) is 4.31. The quantitative estimate of drug-likeness (QED) is 0.167. The normalized spacial score (nSPS) is 11.1. The Kier molecular flexibility index (Phi) is 5.63. The molecular weight excluding hydrogens is 414 g/mol. The summed E-state index contributed by atoms with van der Waals surface area (Å²) in [4.78, 5) is 40.1. The highest BCUT2D eigenvalue weighted by Crippen LogP contribution is 2.32. The number of benzene rings is 2. The van der Waals surface area contributed by atoms with Gasteiger partial charge in [-0.3, -0.25) is 19.8 Å². The molecule has 0 aliphatic carbocycles. The molecule has 1 N–H and O–H groups in total. The average Bonchev–Trinajstić information content (AvgIpc) is 2.73. The lowest BCUT2D eigenvalue weighted by Gasteiger charge is -2.10. The topological polar surface area (TPSA) is 120 Å². The van der Waals surface area contributed by atoms with Gasteiger partial charge in [0.2, 0.25) is 5.43 Å². The first-order valence-electron chi connectivity index (χ1n) is 9.52. The molecule has 9 heteroatoms. The van der Waals surface area contributed by atoms with Crippen LogP contribution in [-0.4, -0.2) is 23.1 Å². The van der Waals surface area contributed by atoms with Crippen LogP contribution in [0.15, 0.2) is 69.0 Å². The summed E-state index contributed by atoms with van der Waals surface area (Å²) in [6.07, 6.45) is 3.19. The Morgan fingerprint density at radius 1 is 1.03 bits per heavy atom. The third-order valence-electron chi connectivity index (χ3n) is 4.31. The monoisotopic (exact) mass is 431 g/mol. The summed E-state index contributed by atoms with van der Waals surface area (Å²) in [5, 5.41) is 4.49. The number of nitrogens with one attached hydrogen (secondary N) is 1. The molecular formula is C23H17N3O6. The van der Waals surface area contributed by atoms with Gasteiger partial charge in [-0.15, -0.1) is 0 Å². The Balaban J connectivity index is 1.79. The van der Waals surface area contributed by atoms with E-state index >= 15 is 0 Å². The van der Waals surface area contributed by atoms with E-state index in [-0.39, 0.29) is 33.5 Å². The van der Waals surface area contributed by atoms with Gasteiger partial charge in [-0.05, 0) is 29.8 Å². The molecule has 0 aliphatic heterocycles. The summed E-state index contributed by atoms with van der Waals surface area (Å²) in [5.41, 5.74) is 3.48. The van der Waals surface area contributed by atoms with E-state index in [4.69, 9.17) is 13.9 Å². The van der Waals surface area contributed by atoms with Gasteiger partial charge in [-0.1, -0.05) is 12.1 Å². The fraction of sp³-hybridized carbons (Fsp3) is 0.0870. The second-order valence-electron chi connectivity index (χ2n) is 6.75. The maximum atomic E-state index is 13.1. The van der Waals surface area contributed by atoms with Gasteiger partial charge in [0.1, 0.15) is 33.9 Å². The fourth-order valence-electron chi connectivity index (χ4n) is 3.08. The van der Waals surface area contributed by atoms with E-state index < -0.39 is 11.9 Å². The largest absolute Gasteiger partial charge is 0.456 e. The summed E-state index contributed by atoms with van der Waals surface area (Å²) in [7, 11) is 0. The zero-order chi connectivity index (χ0) is 22.7. The number of pyridine rings is 1. The number of hydrogen-bond acceptors (Lipinski definition) is 9. The molecule has 0 spiro atoms. The molecule has 4 aromatic rings. The molecule has 0 fully saturated rings. The molecule has 2 aromatic heterocycles. The van der Waals surface area contributed by atoms with Crippen molar-refractivity contribution in [1.29, 1.82) is 0 Å². The molecule has 0 saturated heterocycles. The van der Waals surface area contributed by atoms with Gasteiger partial charge in [0, 0.05) is 32.2 Å². The van der Waals surface area contributed by atoms with Crippen LogP contribution in [-0.2, 0) is 9.59 Å². The van der Waals surface area contributed by atoms with Gasteiger partial charge in [-0.2, -0.15) is 5.10 Å². The fourth-order valence-corrected chi connectivity index (χ4v) is 3.08. The van der Waals surface area contributed by atoms with Crippen LogP contribution in [0.3, 0.4) is 0 Å². The van der Waals surface area contributed by atoms with Crippen molar-refractivity contribution >= 4 is 45.9 Å². The number of aromatic nitrogens is 1. The molecule has 4 rings (SSSR count). The number of esters is 2. The molecule has 0 bridgehead atoms. The van der Waals surface area contributed by atoms with Crippen molar-refractivity contribution in [2.75, 3.05) is 5.43 Å². The molecule has 0 aliphatic rings. The maximum Gasteiger partial charge on any atom is 0.308 e. The van der Waals surface area contributed by atoms with Crippen molar-refractivity contribution in [1.82, 2.24) is 4.98 Å². The number of hydrogen-bond donors (Lipinski definition) is 1. The highest BCUT2D eigenvalue weighted by molar-refractivity contribution is 5.97. The first-order chi connectivity index (χ1) is 15.4. The number of nitrogens with zero attached hydrogens (tertiary/aromatic N) is 2. The van der Waals surface area contributed by atoms with Crippen molar-refractivity contribution in [3.63, 3.8) is 0 Å². The lowest BCUT2D eigenvalue weighted by Crippen LogP contribution is -2.09. The van der Waals surface area contributed by atoms with Crippen LogP contribution in [0.1, 0.15) is 19.4 Å². The first kappa shape index (κ1) is 20.7. The van der Waals surface area contributed by atoms with Gasteiger partial charge in [0.15, 0.2) is 0 Å². The van der Waals surface area contributed by atoms with Crippen LogP contribution in [0.4, 0.5) is 5.82 Å². The smallest absolute Gasteiger partial charge is 0.308 e. The lowest BCUT2D eigenvalue weighted by molar-refractivity contribution is -0.132. The molecule has 0 unspecified atom stereocenters. The van der Waals surface area contributed by atoms with Gasteiger partial charge in [-0.25, -0.2) is 4.98 Å². The third kappa shape index (κ3) is 4.46. The molecule has 9 nitrogen and oxygen atoms in total. The molecule has 0 amide bonds. The summed E-state index contributed by atoms with van der Waals surface area (Å²) in [6.45, 7) is 2.44. The number of rotatable bonds is 5. The predicted molar refractivity (Wildman–Crippen MR) is 118 cm³/mol. The highest BCUT2D eigenvalue weighted by atomic mass is 16.5. The minimum Gasteiger partial charge on any atom is -0.456 e. The van der Waals surface area contributed by atoms with E-state index in [1.165, 1.54) is 26.0 Å². The molecule has 2 heterocycles. The van der Waals surface area contributed by atoms with Crippen LogP contribution >= 0.6 is 0 Å². The van der Waals surface area contributed by atoms with Crippen LogP contribution in [0.25, 0.3) is 21.9 Å². The minimum absolute atomic E-state index is 0.0490. The molecule has 0 radical (unpaired) electrons. The Bertz CT molecular complexity index is 1430. The van der Waals surface area contributed by atoms with E-state index in [0.717, 1.165) is 0 Å². The number of carbonyl (C=O) groups is 2. The highest BCUT2D eigenvalue weighted by Gasteiger charge is 2.17. The number of hydrazone groups is 1. The van der Waals surface area contributed by atoms with Crippen LogP contribution in [0.5, 0.6) is 11.5 Å². The summed E-state index contributed by atoms with van der Waals surface area (Å²) in [5.74, 6) is -0.580. The van der Waals surface area contributed by atoms with E-state index in [1.54, 1.807) is 42.7 Å². The number of ether oxygens (including phenoxy) is 2. The number of fused-ring (bicyclic) bond motifs is 2. The summed E-state index contributed by atoms with van der Waals surface area (Å²) < 4.78 is 16.2. The Hall–Kier alpha value is -4.53. The van der Waals surface area contributed by atoms with Gasteiger partial charge in [0.25, 0.3) is 0 Å². The second-order valence-corrected chi connectivity index (χ2v) is 6.75. The van der Waals surface area contributed by atoms with E-state index in [9.17, 15) is 14.4 Å². The SMILES string of the molecule is CC(=O)Oc1cc(OC(C)=O)c2c(=O)c3ccc(/C=N/Nc4ccccn4)cc3oc2c1. The van der Waals surface area contributed by atoms with E-state index in [0.29, 0.717) is 16.8 Å². The minimum atomic E-state index is -0.627. The van der Waals surface area contributed by atoms with E-state index in [2.05, 4.69) is 15.5 Å². The van der Waals surface area contributed by atoms with Crippen LogP contribution in [0, 0.1) is 0 Å². The number of carbonyl (C=O) groups excluding carboxylic acids is 2. The predicted octanol–water partition coefficient (Wildman–Crippen LogP) is 3.64. The van der Waals surface area contributed by atoms with Gasteiger partial charge < -0.3 is 13.9 Å². The number of anilines is 1. The molecule has 0 atom stereocenters. The summed E-state index contributed by atoms with van der Waals surface area (Å²) in [6, 6.07) is 13.0. The Labute approximate surface area is 181 Å². The van der Waals surface area contributed by atoms with Gasteiger partial charge >= 0.3 is 11.9 Å². The van der Waals surface area contributed by atoms with Gasteiger partial charge in [0.05, 0.1) is 11.6 Å². The molecule has 0 saturated carbocycles. The second kappa shape index (κ2) is 8.68. The Morgan fingerprint density at radius 2 is 1.84 bits per heavy atom. The Morgan fingerprint density at radius 3 is 2.56 bits per heavy atom. The van der Waals surface area contributed by atoms with E-state index in [1.807, 2.05) is 6.07 Å². The first-order valence-corrected chi connectivity index (χ1v) is 9.52. The zero-order valence-electron chi connectivity index (χ0n) is 17.1. The lowest BCUT2D eigenvalue weighted by atomic mass is 10.1. The maximum absolute atomic E-state index is 13.1. The van der Waals surface area contributed by atoms with Crippen molar-refractivity contribution < 1.29 is 23.5 Å². The van der Waals surface area contributed by atoms with Crippen molar-refractivity contribution in [2.24, 2.45) is 5.10 Å². The molecule has 32 heavy (non-hydrogen) atoms. The average molecular weight is 431 g/mol. The van der Waals surface area contributed by atoms with Crippen molar-refractivity contribution in [2.45, 2.75) is 13.8 Å². The van der Waals surface area contributed by atoms with Crippen molar-refractivity contribution in [3.05, 3.63) is 70.5 Å². The summed E-state index contributed by atoms with van der Waals surface area (Å²) >= 11 is 0.